The maximum atomic E-state index is 13.6. The predicted molar refractivity (Wildman–Crippen MR) is 313 cm³/mol. The molecule has 25 heteroatoms. The van der Waals surface area contributed by atoms with Gasteiger partial charge >= 0.3 is 6.03 Å². The van der Waals surface area contributed by atoms with Crippen molar-refractivity contribution in [2.24, 2.45) is 29.1 Å². The number of carbonyl (C=O) groups is 8. The van der Waals surface area contributed by atoms with Crippen LogP contribution in [0.4, 0.5) is 10.5 Å². The van der Waals surface area contributed by atoms with E-state index in [1.54, 1.807) is 18.9 Å². The number of nitrogens with two attached hydrogens (primary N) is 3. The van der Waals surface area contributed by atoms with Crippen LogP contribution >= 0.6 is 0 Å². The van der Waals surface area contributed by atoms with Gasteiger partial charge in [-0.25, -0.2) is 10.6 Å². The second-order valence-electron chi connectivity index (χ2n) is 20.7. The quantitative estimate of drug-likeness (QED) is 0.0260. The van der Waals surface area contributed by atoms with E-state index < -0.39 is 30.1 Å². The van der Waals surface area contributed by atoms with Gasteiger partial charge in [0.25, 0.3) is 0 Å². The number of ether oxygens (including phenoxy) is 6. The first-order valence-corrected chi connectivity index (χ1v) is 28.7. The second-order valence-corrected chi connectivity index (χ2v) is 20.7. The van der Waals surface area contributed by atoms with Crippen molar-refractivity contribution in [2.75, 3.05) is 110 Å². The highest BCUT2D eigenvalue weighted by atomic mass is 16.5. The minimum absolute atomic E-state index is 0.00829. The summed E-state index contributed by atoms with van der Waals surface area (Å²) in [5.74, 6) is 4.81. The first-order valence-electron chi connectivity index (χ1n) is 28.7. The Hall–Kier alpha value is -6.74. The van der Waals surface area contributed by atoms with Gasteiger partial charge in [0.15, 0.2) is 5.78 Å². The number of hydrogen-bond donors (Lipinski definition) is 9. The molecule has 0 saturated heterocycles. The number of urea groups is 1. The molecule has 464 valence electrons. The smallest absolute Gasteiger partial charge is 0.312 e. The fourth-order valence-corrected chi connectivity index (χ4v) is 8.68. The van der Waals surface area contributed by atoms with E-state index in [4.69, 9.17) is 45.7 Å². The van der Waals surface area contributed by atoms with Crippen molar-refractivity contribution >= 4 is 64.3 Å². The molecule has 1 heterocycles. The molecule has 8 amide bonds. The second kappa shape index (κ2) is 40.5. The molecule has 0 radical (unpaired) electrons. The largest absolute Gasteiger partial charge is 0.396 e. The third kappa shape index (κ3) is 28.4. The first-order chi connectivity index (χ1) is 39.8. The van der Waals surface area contributed by atoms with Gasteiger partial charge in [-0.15, -0.1) is 0 Å². The minimum Gasteiger partial charge on any atom is -0.396 e. The van der Waals surface area contributed by atoms with Gasteiger partial charge in [-0.2, -0.15) is 0 Å². The predicted octanol–water partition coefficient (Wildman–Crippen LogP) is 1.99. The Morgan fingerprint density at radius 1 is 0.590 bits per heavy atom. The van der Waals surface area contributed by atoms with Crippen LogP contribution < -0.4 is 54.1 Å². The molecule has 25 nitrogen and oxygen atoms in total. The number of carbonyl (C=O) groups excluding carboxylic acids is 8. The molecule has 1 aliphatic heterocycles. The molecule has 0 spiro atoms. The zero-order valence-electron chi connectivity index (χ0n) is 49.5. The van der Waals surface area contributed by atoms with E-state index in [-0.39, 0.29) is 113 Å². The summed E-state index contributed by atoms with van der Waals surface area (Å²) in [5, 5.41) is 17.8. The molecule has 0 aromatic heterocycles. The van der Waals surface area contributed by atoms with Crippen LogP contribution in [-0.4, -0.2) is 176 Å². The van der Waals surface area contributed by atoms with Crippen molar-refractivity contribution < 1.29 is 66.8 Å². The maximum absolute atomic E-state index is 13.6. The summed E-state index contributed by atoms with van der Waals surface area (Å²) in [6.45, 7) is 15.1. The molecular formula is C58H93N11O14. The van der Waals surface area contributed by atoms with E-state index in [0.29, 0.717) is 109 Å². The number of rotatable bonds is 43. The summed E-state index contributed by atoms with van der Waals surface area (Å²) >= 11 is 0. The fraction of sp³-hybridized carbons (Fsp3) is 0.621. The van der Waals surface area contributed by atoms with E-state index in [9.17, 15) is 38.4 Å². The minimum atomic E-state index is -0.853. The van der Waals surface area contributed by atoms with Crippen molar-refractivity contribution in [3.05, 3.63) is 65.2 Å². The van der Waals surface area contributed by atoms with E-state index >= 15 is 0 Å². The van der Waals surface area contributed by atoms with E-state index in [1.165, 1.54) is 13.8 Å². The number of amides is 8. The number of para-hydroxylation sites is 1. The third-order valence-electron chi connectivity index (χ3n) is 12.9. The number of fused-ring (bicyclic) bond motifs is 2. The molecule has 2 aromatic rings. The standard InChI is InChI=1S/C58H93N11O14/c1-40(2)38-52(74)68-39-44-14-7-8-15-45(44)53(59)55(46-16-9-10-19-49(46)68)69(61)25-12-11-17-48(65-43(6)71)56(75)63-24-29-81-33-37-82-34-30-78-26-20-50(72)62-23-28-80-32-36-83-35-31-79-27-21-51(73)67-54(41(3)4)57(76)66-47(42(5)70)18-13-22-64-58(60)77/h7-10,14-16,19,40-41,47-48,54H,11-13,17-18,20-39,59,61H2,1-6H3,(H,62,72)(H,63,75)(H,65,71)(H,66,76)(H,67,73)(H3,60,64,77)/b55-53-. The molecule has 1 aliphatic rings. The van der Waals surface area contributed by atoms with E-state index in [0.717, 1.165) is 22.4 Å². The van der Waals surface area contributed by atoms with Crippen molar-refractivity contribution in [1.29, 1.82) is 0 Å². The monoisotopic (exact) mass is 1170 g/mol. The lowest BCUT2D eigenvalue weighted by molar-refractivity contribution is -0.132. The summed E-state index contributed by atoms with van der Waals surface area (Å²) in [6, 6.07) is 12.3. The number of nitrogens with one attached hydrogen (secondary N) is 6. The van der Waals surface area contributed by atoms with Crippen molar-refractivity contribution in [3.8, 4) is 0 Å². The Kier molecular flexibility index (Phi) is 34.4. The molecule has 2 aromatic carbocycles. The van der Waals surface area contributed by atoms with Crippen LogP contribution in [0, 0.1) is 11.8 Å². The SMILES string of the molecule is CC(=O)NC(CCCCN(N)/C1=C(\N)c2ccccc2CN(C(=O)CC(C)C)c2ccccc21)C(=O)NCCOCCOCCOCCC(=O)NCCOCCOCCOCCC(=O)NC(C(=O)NC(CCCNC(N)=O)C(C)=O)C(C)C. The first kappa shape index (κ1) is 70.5. The average Bonchev–Trinajstić information content (AvgIpc) is 3.44. The van der Waals surface area contributed by atoms with Gasteiger partial charge < -0.3 is 81.7 Å². The van der Waals surface area contributed by atoms with Crippen molar-refractivity contribution in [3.63, 3.8) is 0 Å². The van der Waals surface area contributed by atoms with Crippen LogP contribution in [0.25, 0.3) is 11.4 Å². The Bertz CT molecular complexity index is 2370. The lowest BCUT2D eigenvalue weighted by Crippen LogP contribution is -2.53. The van der Waals surface area contributed by atoms with Crippen LogP contribution in [-0.2, 0) is 68.5 Å². The van der Waals surface area contributed by atoms with Crippen LogP contribution in [0.3, 0.4) is 0 Å². The molecule has 3 atom stereocenters. The Morgan fingerprint density at radius 3 is 1.71 bits per heavy atom. The number of anilines is 1. The average molecular weight is 1170 g/mol. The van der Waals surface area contributed by atoms with Gasteiger partial charge in [0, 0.05) is 63.5 Å². The van der Waals surface area contributed by atoms with Crippen LogP contribution in [0.1, 0.15) is 110 Å². The van der Waals surface area contributed by atoms with Gasteiger partial charge in [0.1, 0.15) is 12.1 Å². The molecule has 0 fully saturated rings. The Labute approximate surface area is 488 Å². The normalized spacial score (nSPS) is 14.1. The molecule has 3 unspecified atom stereocenters. The van der Waals surface area contributed by atoms with Crippen molar-refractivity contribution in [2.45, 2.75) is 118 Å². The Balaban J connectivity index is 1.18. The number of unbranched alkanes of at least 4 members (excludes halogenated alkanes) is 1. The number of Topliss-reactive ketones (excluding diaryl/α,β-unsaturated/α-hetero) is 1. The molecule has 83 heavy (non-hydrogen) atoms. The van der Waals surface area contributed by atoms with Crippen LogP contribution in [0.15, 0.2) is 48.5 Å². The van der Waals surface area contributed by atoms with E-state index in [2.05, 4.69) is 31.9 Å². The fourth-order valence-electron chi connectivity index (χ4n) is 8.68. The molecule has 0 saturated carbocycles. The van der Waals surface area contributed by atoms with Gasteiger partial charge in [-0.05, 0) is 62.5 Å². The molecule has 3 rings (SSSR count). The summed E-state index contributed by atoms with van der Waals surface area (Å²) in [4.78, 5) is 101. The summed E-state index contributed by atoms with van der Waals surface area (Å²) in [5.41, 5.74) is 16.3. The summed E-state index contributed by atoms with van der Waals surface area (Å²) in [7, 11) is 0. The number of benzene rings is 2. The molecule has 0 aliphatic carbocycles. The summed E-state index contributed by atoms with van der Waals surface area (Å²) in [6.07, 6.45) is 2.83. The number of primary amides is 1. The topological polar surface area (TPSA) is 349 Å². The number of hydrogen-bond acceptors (Lipinski definition) is 17. The van der Waals surface area contributed by atoms with Gasteiger partial charge in [0.2, 0.25) is 35.4 Å². The Morgan fingerprint density at radius 2 is 1.13 bits per heavy atom. The number of hydrazine groups is 1. The lowest BCUT2D eigenvalue weighted by Gasteiger charge is -2.33. The number of ketones is 1. The molecule has 0 bridgehead atoms. The van der Waals surface area contributed by atoms with Gasteiger partial charge in [-0.3, -0.25) is 33.6 Å². The molecule has 12 N–H and O–H groups in total. The lowest BCUT2D eigenvalue weighted by atomic mass is 9.95. The summed E-state index contributed by atoms with van der Waals surface area (Å²) < 4.78 is 33.1. The van der Waals surface area contributed by atoms with Crippen LogP contribution in [0.5, 0.6) is 0 Å². The highest BCUT2D eigenvalue weighted by Gasteiger charge is 2.30. The molecular weight excluding hydrogens is 1070 g/mol. The zero-order valence-corrected chi connectivity index (χ0v) is 49.5. The van der Waals surface area contributed by atoms with Crippen molar-refractivity contribution in [1.82, 2.24) is 36.9 Å². The number of nitrogens with zero attached hydrogens (tertiary/aromatic N) is 2. The van der Waals surface area contributed by atoms with E-state index in [1.807, 2.05) is 67.3 Å². The van der Waals surface area contributed by atoms with Gasteiger partial charge in [0.05, 0.1) is 109 Å². The van der Waals surface area contributed by atoms with Crippen LogP contribution in [0.2, 0.25) is 0 Å². The highest BCUT2D eigenvalue weighted by Crippen LogP contribution is 2.37. The maximum Gasteiger partial charge on any atom is 0.312 e. The van der Waals surface area contributed by atoms with Gasteiger partial charge in [-0.1, -0.05) is 70.2 Å². The highest BCUT2D eigenvalue weighted by molar-refractivity contribution is 6.01. The third-order valence-corrected chi connectivity index (χ3v) is 12.9. The zero-order chi connectivity index (χ0) is 60.9.